The first kappa shape index (κ1) is 13.0. The molecular formula is C12H21N5O. The minimum atomic E-state index is -0.383. The molecule has 0 saturated carbocycles. The van der Waals surface area contributed by atoms with Gasteiger partial charge in [0, 0.05) is 19.3 Å². The van der Waals surface area contributed by atoms with Gasteiger partial charge in [-0.25, -0.2) is 0 Å². The number of carbonyl (C=O) groups is 1. The first-order valence-corrected chi connectivity index (χ1v) is 6.58. The second-order valence-electron chi connectivity index (χ2n) is 4.99. The Kier molecular flexibility index (Phi) is 4.30. The highest BCUT2D eigenvalue weighted by Crippen LogP contribution is 2.18. The molecule has 2 rings (SSSR count). The highest BCUT2D eigenvalue weighted by Gasteiger charge is 2.33. The van der Waals surface area contributed by atoms with Crippen molar-refractivity contribution in [2.24, 2.45) is 0 Å². The fourth-order valence-electron chi connectivity index (χ4n) is 2.24. The lowest BCUT2D eigenvalue weighted by Crippen LogP contribution is -2.57. The molecule has 2 heterocycles. The van der Waals surface area contributed by atoms with E-state index in [-0.39, 0.29) is 11.4 Å². The van der Waals surface area contributed by atoms with E-state index in [1.165, 1.54) is 0 Å². The summed E-state index contributed by atoms with van der Waals surface area (Å²) in [5.74, 6) is 0.112. The standard InChI is InChI=1S/C12H21N5O/c1-12(5-2-3-7-14-12)11(18)13-6-4-9-17-10-8-15-16-17/h8,10,14H,2-7,9H2,1H3,(H,13,18). The third-order valence-electron chi connectivity index (χ3n) is 3.44. The second-order valence-corrected chi connectivity index (χ2v) is 4.99. The molecule has 0 bridgehead atoms. The van der Waals surface area contributed by atoms with Crippen LogP contribution in [0, 0.1) is 0 Å². The van der Waals surface area contributed by atoms with Gasteiger partial charge in [0.2, 0.25) is 5.91 Å². The lowest BCUT2D eigenvalue weighted by atomic mass is 9.90. The summed E-state index contributed by atoms with van der Waals surface area (Å²) in [6, 6.07) is 0. The Morgan fingerprint density at radius 2 is 2.44 bits per heavy atom. The van der Waals surface area contributed by atoms with Crippen LogP contribution in [0.25, 0.3) is 0 Å². The smallest absolute Gasteiger partial charge is 0.240 e. The van der Waals surface area contributed by atoms with Crippen LogP contribution < -0.4 is 10.6 Å². The van der Waals surface area contributed by atoms with E-state index in [1.807, 2.05) is 13.1 Å². The van der Waals surface area contributed by atoms with Crippen molar-refractivity contribution in [3.63, 3.8) is 0 Å². The number of rotatable bonds is 5. The van der Waals surface area contributed by atoms with E-state index in [2.05, 4.69) is 20.9 Å². The van der Waals surface area contributed by atoms with Crippen molar-refractivity contribution in [3.8, 4) is 0 Å². The number of amides is 1. The summed E-state index contributed by atoms with van der Waals surface area (Å²) in [7, 11) is 0. The van der Waals surface area contributed by atoms with Crippen molar-refractivity contribution < 1.29 is 4.79 Å². The molecule has 1 aromatic heterocycles. The maximum Gasteiger partial charge on any atom is 0.240 e. The molecule has 18 heavy (non-hydrogen) atoms. The lowest BCUT2D eigenvalue weighted by molar-refractivity contribution is -0.127. The van der Waals surface area contributed by atoms with Gasteiger partial charge in [-0.1, -0.05) is 5.21 Å². The van der Waals surface area contributed by atoms with E-state index >= 15 is 0 Å². The summed E-state index contributed by atoms with van der Waals surface area (Å²) < 4.78 is 1.77. The Labute approximate surface area is 107 Å². The molecule has 6 nitrogen and oxygen atoms in total. The summed E-state index contributed by atoms with van der Waals surface area (Å²) >= 11 is 0. The van der Waals surface area contributed by atoms with Crippen LogP contribution in [0.2, 0.25) is 0 Å². The normalized spacial score (nSPS) is 23.8. The van der Waals surface area contributed by atoms with E-state index in [1.54, 1.807) is 10.9 Å². The molecule has 2 N–H and O–H groups in total. The molecule has 0 spiro atoms. The maximum atomic E-state index is 12.1. The zero-order valence-corrected chi connectivity index (χ0v) is 10.9. The highest BCUT2D eigenvalue weighted by atomic mass is 16.2. The lowest BCUT2D eigenvalue weighted by Gasteiger charge is -2.33. The van der Waals surface area contributed by atoms with E-state index in [9.17, 15) is 4.79 Å². The third-order valence-corrected chi connectivity index (χ3v) is 3.44. The topological polar surface area (TPSA) is 71.8 Å². The van der Waals surface area contributed by atoms with Crippen LogP contribution >= 0.6 is 0 Å². The summed E-state index contributed by atoms with van der Waals surface area (Å²) in [6.07, 6.45) is 7.55. The van der Waals surface area contributed by atoms with Crippen molar-refractivity contribution in [2.45, 2.75) is 44.7 Å². The van der Waals surface area contributed by atoms with Gasteiger partial charge in [0.05, 0.1) is 11.7 Å². The van der Waals surface area contributed by atoms with Crippen LogP contribution in [0.15, 0.2) is 12.4 Å². The van der Waals surface area contributed by atoms with Gasteiger partial charge in [0.15, 0.2) is 0 Å². The zero-order chi connectivity index (χ0) is 12.8. The van der Waals surface area contributed by atoms with Gasteiger partial charge in [-0.05, 0) is 39.2 Å². The molecule has 1 saturated heterocycles. The number of aryl methyl sites for hydroxylation is 1. The van der Waals surface area contributed by atoms with Gasteiger partial charge in [0.25, 0.3) is 0 Å². The number of hydrogen-bond acceptors (Lipinski definition) is 4. The van der Waals surface area contributed by atoms with E-state index in [0.717, 1.165) is 38.8 Å². The molecule has 1 aliphatic heterocycles. The van der Waals surface area contributed by atoms with Gasteiger partial charge in [-0.2, -0.15) is 0 Å². The third kappa shape index (κ3) is 3.29. The quantitative estimate of drug-likeness (QED) is 0.739. The number of aromatic nitrogens is 3. The summed E-state index contributed by atoms with van der Waals surface area (Å²) in [4.78, 5) is 12.1. The van der Waals surface area contributed by atoms with Crippen LogP contribution in [0.5, 0.6) is 0 Å². The van der Waals surface area contributed by atoms with Crippen LogP contribution in [0.4, 0.5) is 0 Å². The van der Waals surface area contributed by atoms with Crippen LogP contribution in [0.1, 0.15) is 32.6 Å². The summed E-state index contributed by atoms with van der Waals surface area (Å²) in [5, 5.41) is 13.9. The predicted molar refractivity (Wildman–Crippen MR) is 67.9 cm³/mol. The van der Waals surface area contributed by atoms with Crippen molar-refractivity contribution in [1.29, 1.82) is 0 Å². The van der Waals surface area contributed by atoms with Gasteiger partial charge in [-0.3, -0.25) is 9.48 Å². The second kappa shape index (κ2) is 5.95. The predicted octanol–water partition coefficient (Wildman–Crippen LogP) is 0.317. The first-order chi connectivity index (χ1) is 8.71. The minimum absolute atomic E-state index is 0.112. The van der Waals surface area contributed by atoms with E-state index in [4.69, 9.17) is 0 Å². The summed E-state index contributed by atoms with van der Waals surface area (Å²) in [5.41, 5.74) is -0.383. The molecule has 0 aliphatic carbocycles. The molecule has 100 valence electrons. The van der Waals surface area contributed by atoms with Crippen LogP contribution in [-0.2, 0) is 11.3 Å². The number of carbonyl (C=O) groups excluding carboxylic acids is 1. The van der Waals surface area contributed by atoms with Crippen molar-refractivity contribution in [1.82, 2.24) is 25.6 Å². The van der Waals surface area contributed by atoms with Gasteiger partial charge < -0.3 is 10.6 Å². The molecular weight excluding hydrogens is 230 g/mol. The van der Waals surface area contributed by atoms with E-state index < -0.39 is 0 Å². The Hall–Kier alpha value is -1.43. The Morgan fingerprint density at radius 1 is 1.56 bits per heavy atom. The molecule has 1 unspecified atom stereocenters. The van der Waals surface area contributed by atoms with Crippen LogP contribution in [0.3, 0.4) is 0 Å². The number of piperidine rings is 1. The average Bonchev–Trinajstić information content (AvgIpc) is 2.88. The minimum Gasteiger partial charge on any atom is -0.354 e. The summed E-state index contributed by atoms with van der Waals surface area (Å²) in [6.45, 7) is 4.38. The molecule has 1 aliphatic rings. The maximum absolute atomic E-state index is 12.1. The largest absolute Gasteiger partial charge is 0.354 e. The number of nitrogens with zero attached hydrogens (tertiary/aromatic N) is 3. The van der Waals surface area contributed by atoms with Crippen molar-refractivity contribution in [3.05, 3.63) is 12.4 Å². The molecule has 0 radical (unpaired) electrons. The van der Waals surface area contributed by atoms with Crippen molar-refractivity contribution in [2.75, 3.05) is 13.1 Å². The monoisotopic (exact) mass is 251 g/mol. The first-order valence-electron chi connectivity index (χ1n) is 6.58. The van der Waals surface area contributed by atoms with Gasteiger partial charge in [0.1, 0.15) is 0 Å². The molecule has 6 heteroatoms. The van der Waals surface area contributed by atoms with Crippen molar-refractivity contribution >= 4 is 5.91 Å². The van der Waals surface area contributed by atoms with Gasteiger partial charge in [-0.15, -0.1) is 5.10 Å². The SMILES string of the molecule is CC1(C(=O)NCCCn2ccnn2)CCCCN1. The Balaban J connectivity index is 1.68. The zero-order valence-electron chi connectivity index (χ0n) is 10.9. The molecule has 1 atom stereocenters. The fourth-order valence-corrected chi connectivity index (χ4v) is 2.24. The average molecular weight is 251 g/mol. The highest BCUT2D eigenvalue weighted by molar-refractivity contribution is 5.85. The molecule has 1 fully saturated rings. The van der Waals surface area contributed by atoms with E-state index in [0.29, 0.717) is 6.54 Å². The number of hydrogen-bond donors (Lipinski definition) is 2. The van der Waals surface area contributed by atoms with Gasteiger partial charge >= 0.3 is 0 Å². The van der Waals surface area contributed by atoms with Crippen LogP contribution in [-0.4, -0.2) is 39.5 Å². The Bertz CT molecular complexity index is 370. The molecule has 1 amide bonds. The fraction of sp³-hybridized carbons (Fsp3) is 0.750. The molecule has 1 aromatic rings. The molecule has 0 aromatic carbocycles. The Morgan fingerprint density at radius 3 is 3.11 bits per heavy atom. The number of nitrogens with one attached hydrogen (secondary N) is 2.